The van der Waals surface area contributed by atoms with Crippen molar-refractivity contribution < 1.29 is 33.1 Å². The zero-order valence-corrected chi connectivity index (χ0v) is 9.80. The van der Waals surface area contributed by atoms with Crippen molar-refractivity contribution in [2.75, 3.05) is 0 Å². The predicted octanol–water partition coefficient (Wildman–Crippen LogP) is -0.809. The fourth-order valence-electron chi connectivity index (χ4n) is 0. The molecular formula is H5BaInS2Zn2. The fraction of sp³-hybridized carbons (Fsp3) is 0. The van der Waals surface area contributed by atoms with Gasteiger partial charge in [-0.25, -0.2) is 0 Å². The van der Waals surface area contributed by atoms with Gasteiger partial charge in [-0.05, 0) is 0 Å². The molecule has 0 aromatic rings. The number of hydrogen-bond donors (Lipinski definition) is 0. The Hall–Kier alpha value is 4.13. The molecule has 6 heteroatoms. The molecule has 0 radical (unpaired) electrons. The summed E-state index contributed by atoms with van der Waals surface area (Å²) in [6, 6.07) is 0. The van der Waals surface area contributed by atoms with E-state index in [0.717, 1.165) is 33.1 Å². The van der Waals surface area contributed by atoms with Crippen LogP contribution in [0.3, 0.4) is 0 Å². The van der Waals surface area contributed by atoms with Gasteiger partial charge in [-0.3, -0.25) is 0 Å². The Kier molecular flexibility index (Phi) is 133. The summed E-state index contributed by atoms with van der Waals surface area (Å²) < 4.78 is 0. The van der Waals surface area contributed by atoms with Crippen molar-refractivity contribution in [2.45, 2.75) is 0 Å². The van der Waals surface area contributed by atoms with Gasteiger partial charge in [0.25, 0.3) is 0 Å². The SMILES string of the molecule is [BaH2].[InH3].[S]=[Zn].[S]=[Zn]. The molecule has 0 saturated heterocycles. The average molecular weight is 452 g/mol. The van der Waals surface area contributed by atoms with Gasteiger partial charge in [0, 0.05) is 0 Å². The van der Waals surface area contributed by atoms with Gasteiger partial charge >= 0.3 is 128 Å². The zero-order valence-electron chi connectivity index (χ0n) is 2.23. The minimum absolute atomic E-state index is 0. The van der Waals surface area contributed by atoms with Gasteiger partial charge in [-0.15, -0.1) is 0 Å². The topological polar surface area (TPSA) is 0 Å². The quantitative estimate of drug-likeness (QED) is 0.442. The van der Waals surface area contributed by atoms with E-state index in [1.54, 1.807) is 0 Å². The van der Waals surface area contributed by atoms with Crippen LogP contribution in [0.15, 0.2) is 0 Å². The number of hydrogen-bond acceptors (Lipinski definition) is 2. The first kappa shape index (κ1) is 22.5. The third kappa shape index (κ3) is 24.2. The van der Waals surface area contributed by atoms with E-state index in [0.29, 0.717) is 0 Å². The first-order valence-electron chi connectivity index (χ1n) is 0.577. The summed E-state index contributed by atoms with van der Waals surface area (Å²) in [5, 5.41) is 0. The monoisotopic (exact) mass is 450 g/mol. The molecule has 6 heavy (non-hydrogen) atoms. The molecule has 0 spiro atoms. The number of rotatable bonds is 0. The predicted molar refractivity (Wildman–Crippen MR) is 33.7 cm³/mol. The summed E-state index contributed by atoms with van der Waals surface area (Å²) in [5.41, 5.74) is 0. The molecule has 0 rings (SSSR count). The van der Waals surface area contributed by atoms with Gasteiger partial charge < -0.3 is 0 Å². The standard InChI is InChI=1S/Ba.In.2S.2Zn.5H. The Bertz CT molecular complexity index is 13.5. The summed E-state index contributed by atoms with van der Waals surface area (Å²) in [4.78, 5) is 0. The third-order valence-corrected chi connectivity index (χ3v) is 0. The van der Waals surface area contributed by atoms with E-state index in [1.165, 1.54) is 0 Å². The molecule has 0 saturated carbocycles. The Morgan fingerprint density at radius 1 is 0.833 bits per heavy atom. The van der Waals surface area contributed by atoms with Crippen LogP contribution in [0.4, 0.5) is 0 Å². The van der Waals surface area contributed by atoms with Gasteiger partial charge in [0.2, 0.25) is 0 Å². The second kappa shape index (κ2) is 35.4. The summed E-state index contributed by atoms with van der Waals surface area (Å²) in [5.74, 6) is 0. The van der Waals surface area contributed by atoms with E-state index in [1.807, 2.05) is 0 Å². The molecule has 0 amide bonds. The molecule has 0 aromatic carbocycles. The summed E-state index contributed by atoms with van der Waals surface area (Å²) in [6.45, 7) is 0. The summed E-state index contributed by atoms with van der Waals surface area (Å²) >= 11 is 1.92. The van der Waals surface area contributed by atoms with Crippen molar-refractivity contribution in [3.63, 3.8) is 0 Å². The van der Waals surface area contributed by atoms with Crippen LogP contribution in [0.2, 0.25) is 0 Å². The van der Waals surface area contributed by atoms with Crippen molar-refractivity contribution in [1.82, 2.24) is 0 Å². The summed E-state index contributed by atoms with van der Waals surface area (Å²) in [7, 11) is 8.42. The molecule has 0 heterocycles. The van der Waals surface area contributed by atoms with Gasteiger partial charge in [0.05, 0.1) is 0 Å². The zero-order chi connectivity index (χ0) is 4.00. The van der Waals surface area contributed by atoms with E-state index >= 15 is 0 Å². The third-order valence-electron chi connectivity index (χ3n) is 0. The van der Waals surface area contributed by atoms with E-state index < -0.39 is 0 Å². The van der Waals surface area contributed by atoms with Gasteiger partial charge in [0.1, 0.15) is 0 Å². The van der Waals surface area contributed by atoms with Crippen molar-refractivity contribution in [1.29, 1.82) is 0 Å². The Labute approximate surface area is 124 Å². The van der Waals surface area contributed by atoms with Crippen LogP contribution in [0.5, 0.6) is 0 Å². The molecule has 0 aliphatic rings. The van der Waals surface area contributed by atoms with Crippen molar-refractivity contribution in [3.8, 4) is 0 Å². The van der Waals surface area contributed by atoms with E-state index in [2.05, 4.69) is 20.2 Å². The summed E-state index contributed by atoms with van der Waals surface area (Å²) in [6.07, 6.45) is 0. The normalized spacial score (nSPS) is 2.00. The molecular weight excluding hydrogens is 447 g/mol. The maximum absolute atomic E-state index is 4.21. The van der Waals surface area contributed by atoms with Crippen LogP contribution >= 0.6 is 20.2 Å². The second-order valence-corrected chi connectivity index (χ2v) is 0. The molecule has 0 bridgehead atoms. The Morgan fingerprint density at radius 2 is 0.833 bits per heavy atom. The molecule has 0 aromatic heterocycles. The van der Waals surface area contributed by atoms with E-state index in [9.17, 15) is 0 Å². The fourth-order valence-corrected chi connectivity index (χ4v) is 0. The first-order valence-corrected chi connectivity index (χ1v) is 9.00. The van der Waals surface area contributed by atoms with Gasteiger partial charge in [-0.1, -0.05) is 0 Å². The van der Waals surface area contributed by atoms with Crippen LogP contribution in [0.25, 0.3) is 0 Å². The van der Waals surface area contributed by atoms with Crippen molar-refractivity contribution >= 4 is 95.0 Å². The van der Waals surface area contributed by atoms with E-state index in [4.69, 9.17) is 0 Å². The van der Waals surface area contributed by atoms with Gasteiger partial charge in [-0.2, -0.15) is 0 Å². The molecule has 0 fully saturated rings. The molecule has 0 N–H and O–H groups in total. The van der Waals surface area contributed by atoms with Crippen LogP contribution in [-0.2, 0) is 33.1 Å². The molecule has 0 unspecified atom stereocenters. The molecule has 0 atom stereocenters. The minimum atomic E-state index is 0. The second-order valence-electron chi connectivity index (χ2n) is 0. The Balaban J connectivity index is -0.00000000500. The average Bonchev–Trinajstić information content (AvgIpc) is 1.50. The van der Waals surface area contributed by atoms with Crippen LogP contribution in [0.1, 0.15) is 0 Å². The van der Waals surface area contributed by atoms with Crippen LogP contribution < -0.4 is 0 Å². The first-order chi connectivity index (χ1) is 2.00. The van der Waals surface area contributed by atoms with Crippen molar-refractivity contribution in [3.05, 3.63) is 0 Å². The van der Waals surface area contributed by atoms with E-state index in [-0.39, 0.29) is 74.7 Å². The molecule has 0 aliphatic heterocycles. The van der Waals surface area contributed by atoms with Crippen LogP contribution in [-0.4, -0.2) is 74.7 Å². The maximum atomic E-state index is 4.21. The molecule has 0 aliphatic carbocycles. The molecule has 26 valence electrons. The molecule has 0 nitrogen and oxygen atoms in total. The van der Waals surface area contributed by atoms with Crippen LogP contribution in [0, 0.1) is 0 Å². The van der Waals surface area contributed by atoms with Gasteiger partial charge in [0.15, 0.2) is 0 Å². The Morgan fingerprint density at radius 3 is 0.833 bits per heavy atom. The van der Waals surface area contributed by atoms with Crippen molar-refractivity contribution in [2.24, 2.45) is 0 Å².